The molecular formula is C19H21FIN3O2S. The highest BCUT2D eigenvalue weighted by molar-refractivity contribution is 14.1. The van der Waals surface area contributed by atoms with E-state index in [1.165, 1.54) is 12.1 Å². The molecule has 8 heteroatoms. The van der Waals surface area contributed by atoms with Crippen molar-refractivity contribution in [2.24, 2.45) is 5.10 Å². The molecule has 0 aliphatic rings. The van der Waals surface area contributed by atoms with E-state index in [2.05, 4.69) is 38.4 Å². The van der Waals surface area contributed by atoms with Crippen LogP contribution in [0.2, 0.25) is 0 Å². The Kier molecular flexibility index (Phi) is 8.73. The molecule has 0 aliphatic carbocycles. The number of nitrogens with one attached hydrogen (secondary N) is 2. The third kappa shape index (κ3) is 6.94. The van der Waals surface area contributed by atoms with Crippen LogP contribution in [0, 0.1) is 9.39 Å². The lowest BCUT2D eigenvalue weighted by Gasteiger charge is -2.15. The molecule has 0 atom stereocenters. The Bertz CT molecular complexity index is 800. The van der Waals surface area contributed by atoms with Crippen molar-refractivity contribution < 1.29 is 13.9 Å². The second-order valence-corrected chi connectivity index (χ2v) is 6.98. The van der Waals surface area contributed by atoms with Crippen molar-refractivity contribution in [1.82, 2.24) is 10.7 Å². The predicted molar refractivity (Wildman–Crippen MR) is 118 cm³/mol. The zero-order valence-corrected chi connectivity index (χ0v) is 18.1. The number of thiocarbonyl (C=S) groups is 1. The number of hydrazone groups is 1. The van der Waals surface area contributed by atoms with Crippen molar-refractivity contribution in [3.05, 3.63) is 56.9 Å². The molecule has 0 unspecified atom stereocenters. The summed E-state index contributed by atoms with van der Waals surface area (Å²) >= 11 is 7.26. The van der Waals surface area contributed by atoms with Crippen molar-refractivity contribution in [1.29, 1.82) is 0 Å². The summed E-state index contributed by atoms with van der Waals surface area (Å²) in [5.41, 5.74) is 4.48. The average molecular weight is 501 g/mol. The molecule has 0 fully saturated rings. The number of nitrogens with zero attached hydrogens (tertiary/aromatic N) is 1. The van der Waals surface area contributed by atoms with Gasteiger partial charge in [0.15, 0.2) is 16.6 Å². The SMILES string of the molecule is CCNC(=S)N/N=C\c1cc(I)c(OCc2ccc(F)cc2)c(OCC)c1. The number of benzene rings is 2. The van der Waals surface area contributed by atoms with Crippen LogP contribution in [0.5, 0.6) is 11.5 Å². The van der Waals surface area contributed by atoms with Crippen molar-refractivity contribution in [3.8, 4) is 11.5 Å². The van der Waals surface area contributed by atoms with Crippen LogP contribution in [0.1, 0.15) is 25.0 Å². The first kappa shape index (κ1) is 21.4. The van der Waals surface area contributed by atoms with E-state index in [9.17, 15) is 4.39 Å². The van der Waals surface area contributed by atoms with Crippen molar-refractivity contribution in [2.45, 2.75) is 20.5 Å². The molecule has 0 bridgehead atoms. The van der Waals surface area contributed by atoms with Gasteiger partial charge in [0.2, 0.25) is 0 Å². The first-order valence-electron chi connectivity index (χ1n) is 8.44. The van der Waals surface area contributed by atoms with Crippen LogP contribution in [-0.4, -0.2) is 24.5 Å². The fraction of sp³-hybridized carbons (Fsp3) is 0.263. The van der Waals surface area contributed by atoms with E-state index in [0.29, 0.717) is 29.8 Å². The zero-order valence-electron chi connectivity index (χ0n) is 15.1. The molecule has 0 saturated carbocycles. The minimum absolute atomic E-state index is 0.269. The first-order valence-corrected chi connectivity index (χ1v) is 9.92. The normalized spacial score (nSPS) is 10.7. The van der Waals surface area contributed by atoms with Gasteiger partial charge in [0, 0.05) is 6.54 Å². The summed E-state index contributed by atoms with van der Waals surface area (Å²) in [4.78, 5) is 0. The lowest BCUT2D eigenvalue weighted by molar-refractivity contribution is 0.267. The molecule has 0 radical (unpaired) electrons. The van der Waals surface area contributed by atoms with E-state index >= 15 is 0 Å². The highest BCUT2D eigenvalue weighted by Gasteiger charge is 2.12. The fourth-order valence-corrected chi connectivity index (χ4v) is 3.15. The van der Waals surface area contributed by atoms with E-state index < -0.39 is 0 Å². The van der Waals surface area contributed by atoms with Gasteiger partial charge in [-0.15, -0.1) is 0 Å². The maximum atomic E-state index is 13.0. The van der Waals surface area contributed by atoms with E-state index in [-0.39, 0.29) is 5.82 Å². The van der Waals surface area contributed by atoms with Gasteiger partial charge in [-0.2, -0.15) is 5.10 Å². The predicted octanol–water partition coefficient (Wildman–Crippen LogP) is 4.23. The molecule has 2 rings (SSSR count). The number of ether oxygens (including phenoxy) is 2. The van der Waals surface area contributed by atoms with E-state index in [1.807, 2.05) is 26.0 Å². The Hall–Kier alpha value is -1.94. The smallest absolute Gasteiger partial charge is 0.186 e. The van der Waals surface area contributed by atoms with Gasteiger partial charge >= 0.3 is 0 Å². The molecule has 0 aromatic heterocycles. The maximum Gasteiger partial charge on any atom is 0.186 e. The maximum absolute atomic E-state index is 13.0. The summed E-state index contributed by atoms with van der Waals surface area (Å²) in [5.74, 6) is 1.01. The molecule has 2 aromatic rings. The van der Waals surface area contributed by atoms with E-state index in [0.717, 1.165) is 21.2 Å². The highest BCUT2D eigenvalue weighted by Crippen LogP contribution is 2.34. The molecule has 5 nitrogen and oxygen atoms in total. The summed E-state index contributed by atoms with van der Waals surface area (Å²) in [6.07, 6.45) is 1.66. The Balaban J connectivity index is 2.13. The lowest BCUT2D eigenvalue weighted by atomic mass is 10.2. The number of hydrogen-bond donors (Lipinski definition) is 2. The standard InChI is InChI=1S/C19H21FIN3O2S/c1-3-22-19(27)24-23-11-14-9-16(21)18(17(10-14)25-4-2)26-12-13-5-7-15(20)8-6-13/h5-11H,3-4,12H2,1-2H3,(H2,22,24,27)/b23-11-. The largest absolute Gasteiger partial charge is 0.490 e. The van der Waals surface area contributed by atoms with Crippen LogP contribution in [0.4, 0.5) is 4.39 Å². The second kappa shape index (κ2) is 11.0. The monoisotopic (exact) mass is 501 g/mol. The third-order valence-corrected chi connectivity index (χ3v) is 4.38. The lowest BCUT2D eigenvalue weighted by Crippen LogP contribution is -2.31. The molecule has 0 saturated heterocycles. The van der Waals surface area contributed by atoms with Crippen molar-refractivity contribution >= 4 is 46.1 Å². The summed E-state index contributed by atoms with van der Waals surface area (Å²) in [7, 11) is 0. The number of hydrogen-bond acceptors (Lipinski definition) is 4. The van der Waals surface area contributed by atoms with Crippen LogP contribution >= 0.6 is 34.8 Å². The van der Waals surface area contributed by atoms with E-state index in [1.54, 1.807) is 18.3 Å². The van der Waals surface area contributed by atoms with Gasteiger partial charge in [-0.25, -0.2) is 4.39 Å². The molecule has 0 aliphatic heterocycles. The van der Waals surface area contributed by atoms with Gasteiger partial charge in [0.05, 0.1) is 16.4 Å². The zero-order chi connectivity index (χ0) is 19.6. The number of halogens is 2. The topological polar surface area (TPSA) is 54.9 Å². The first-order chi connectivity index (χ1) is 13.0. The van der Waals surface area contributed by atoms with Crippen molar-refractivity contribution in [2.75, 3.05) is 13.2 Å². The van der Waals surface area contributed by atoms with Crippen LogP contribution in [0.15, 0.2) is 41.5 Å². The van der Waals surface area contributed by atoms with Gasteiger partial charge in [-0.1, -0.05) is 12.1 Å². The van der Waals surface area contributed by atoms with Gasteiger partial charge < -0.3 is 14.8 Å². The quantitative estimate of drug-likeness (QED) is 0.246. The molecule has 0 amide bonds. The van der Waals surface area contributed by atoms with Gasteiger partial charge in [0.1, 0.15) is 12.4 Å². The minimum Gasteiger partial charge on any atom is -0.490 e. The molecule has 2 N–H and O–H groups in total. The Morgan fingerprint density at radius 1 is 1.22 bits per heavy atom. The van der Waals surface area contributed by atoms with Crippen LogP contribution < -0.4 is 20.2 Å². The molecule has 0 heterocycles. The number of rotatable bonds is 8. The van der Waals surface area contributed by atoms with Gasteiger partial charge in [-0.3, -0.25) is 5.43 Å². The molecule has 2 aromatic carbocycles. The highest BCUT2D eigenvalue weighted by atomic mass is 127. The van der Waals surface area contributed by atoms with Gasteiger partial charge in [0.25, 0.3) is 0 Å². The third-order valence-electron chi connectivity index (χ3n) is 3.35. The van der Waals surface area contributed by atoms with Crippen molar-refractivity contribution in [3.63, 3.8) is 0 Å². The summed E-state index contributed by atoms with van der Waals surface area (Å²) in [6.45, 7) is 5.43. The van der Waals surface area contributed by atoms with Crippen LogP contribution in [-0.2, 0) is 6.61 Å². The summed E-state index contributed by atoms with van der Waals surface area (Å²) < 4.78 is 25.6. The van der Waals surface area contributed by atoms with Crippen LogP contribution in [0.25, 0.3) is 0 Å². The molecular weight excluding hydrogens is 480 g/mol. The molecule has 0 spiro atoms. The fourth-order valence-electron chi connectivity index (χ4n) is 2.17. The summed E-state index contributed by atoms with van der Waals surface area (Å²) in [6, 6.07) is 10.0. The minimum atomic E-state index is -0.269. The Labute approximate surface area is 177 Å². The average Bonchev–Trinajstić information content (AvgIpc) is 2.63. The molecule has 27 heavy (non-hydrogen) atoms. The molecule has 144 valence electrons. The Morgan fingerprint density at radius 3 is 2.63 bits per heavy atom. The Morgan fingerprint density at radius 2 is 1.96 bits per heavy atom. The van der Waals surface area contributed by atoms with Gasteiger partial charge in [-0.05, 0) is 84.0 Å². The second-order valence-electron chi connectivity index (χ2n) is 5.41. The summed E-state index contributed by atoms with van der Waals surface area (Å²) in [5, 5.41) is 7.54. The van der Waals surface area contributed by atoms with E-state index in [4.69, 9.17) is 21.7 Å². The van der Waals surface area contributed by atoms with Crippen LogP contribution in [0.3, 0.4) is 0 Å².